The van der Waals surface area contributed by atoms with E-state index < -0.39 is 130 Å². The van der Waals surface area contributed by atoms with Gasteiger partial charge in [0.2, 0.25) is 29.5 Å². The number of alkyl halides is 1. The number of carbonyl (C=O) groups is 8. The van der Waals surface area contributed by atoms with Crippen molar-refractivity contribution in [1.29, 1.82) is 0 Å². The number of imide groups is 1. The summed E-state index contributed by atoms with van der Waals surface area (Å²) in [5.74, 6) is -3.42. The van der Waals surface area contributed by atoms with Crippen LogP contribution in [0.3, 0.4) is 0 Å². The number of likely N-dealkylation sites (N-methyl/N-ethyl adjacent to an activating group) is 1. The number of hydrogen-bond acceptors (Lipinski definition) is 26. The van der Waals surface area contributed by atoms with Crippen LogP contribution in [0.15, 0.2) is 49.6 Å². The lowest BCUT2D eigenvalue weighted by Gasteiger charge is -2.28. The molecule has 510 valence electrons. The zero-order valence-electron chi connectivity index (χ0n) is 50.9. The fraction of sp³-hybridized carbons (Fsp3) is 0.547. The molecule has 4 aromatic heterocycles. The Bertz CT molecular complexity index is 3700. The molecule has 0 radical (unpaired) electrons. The van der Waals surface area contributed by atoms with E-state index in [1.807, 2.05) is 0 Å². The lowest BCUT2D eigenvalue weighted by atomic mass is 10.0. The summed E-state index contributed by atoms with van der Waals surface area (Å²) in [4.78, 5) is 128. The summed E-state index contributed by atoms with van der Waals surface area (Å²) >= 11 is 8.35. The van der Waals surface area contributed by atoms with E-state index in [4.69, 9.17) is 53.2 Å². The molecule has 1 aromatic carbocycles. The molecule has 4 saturated heterocycles. The summed E-state index contributed by atoms with van der Waals surface area (Å²) in [7, 11) is 1.40. The van der Waals surface area contributed by atoms with Crippen molar-refractivity contribution in [2.45, 2.75) is 115 Å². The molecule has 9 N–H and O–H groups in total. The zero-order valence-corrected chi connectivity index (χ0v) is 54.5. The Morgan fingerprint density at radius 2 is 1.43 bits per heavy atom. The Labute approximate surface area is 545 Å². The quantitative estimate of drug-likeness (QED) is 0.0185. The van der Waals surface area contributed by atoms with Crippen molar-refractivity contribution in [3.8, 4) is 0 Å². The van der Waals surface area contributed by atoms with Gasteiger partial charge in [0.05, 0.1) is 52.2 Å². The van der Waals surface area contributed by atoms with Gasteiger partial charge in [-0.25, -0.2) is 57.8 Å². The minimum absolute atomic E-state index is 0.0376. The smallest absolute Gasteiger partial charge is 0.412 e. The average Bonchev–Trinajstić information content (AvgIpc) is 1.62. The fourth-order valence-corrected chi connectivity index (χ4v) is 13.4. The number of aromatic nitrogens is 8. The molecule has 5 aromatic rings. The number of ether oxygens (including phenoxy) is 5. The van der Waals surface area contributed by atoms with Crippen molar-refractivity contribution in [2.24, 2.45) is 17.6 Å². The zero-order chi connectivity index (χ0) is 67.6. The second-order valence-corrected chi connectivity index (χ2v) is 28.0. The maximum atomic E-state index is 16.7. The van der Waals surface area contributed by atoms with Gasteiger partial charge < -0.3 is 61.3 Å². The van der Waals surface area contributed by atoms with E-state index in [1.54, 1.807) is 37.5 Å². The van der Waals surface area contributed by atoms with Gasteiger partial charge >= 0.3 is 31.8 Å². The fourth-order valence-electron chi connectivity index (χ4n) is 10.4. The van der Waals surface area contributed by atoms with Crippen molar-refractivity contribution in [2.75, 3.05) is 76.1 Å². The number of rotatable bonds is 24. The topological polar surface area (TPSA) is 460 Å². The number of anilines is 3. The monoisotopic (exact) mass is 1390 g/mol. The third kappa shape index (κ3) is 17.8. The van der Waals surface area contributed by atoms with E-state index in [2.05, 4.69) is 81.0 Å². The number of carbonyl (C=O) groups excluding carboxylic acids is 8. The molecule has 0 spiro atoms. The molecule has 0 saturated carbocycles. The highest BCUT2D eigenvalue weighted by atomic mass is 32.7. The number of nitrogen functional groups attached to an aromatic ring is 1. The molecule has 8 heterocycles. The first-order valence-corrected chi connectivity index (χ1v) is 34.8. The lowest BCUT2D eigenvalue weighted by Crippen LogP contribution is -2.54. The molecule has 9 amide bonds. The second kappa shape index (κ2) is 31.2. The van der Waals surface area contributed by atoms with E-state index in [0.717, 1.165) is 27.0 Å². The first-order chi connectivity index (χ1) is 44.8. The van der Waals surface area contributed by atoms with Crippen LogP contribution in [0.1, 0.15) is 70.9 Å². The van der Waals surface area contributed by atoms with Crippen LogP contribution in [0, 0.1) is 11.8 Å². The molecule has 0 bridgehead atoms. The number of thiol groups is 2. The van der Waals surface area contributed by atoms with E-state index >= 15 is 4.39 Å². The molecule has 4 aliphatic rings. The van der Waals surface area contributed by atoms with Crippen LogP contribution < -0.4 is 38.1 Å². The summed E-state index contributed by atoms with van der Waals surface area (Å²) in [6.07, 6.45) is -6.43. The maximum Gasteiger partial charge on any atom is 0.412 e. The molecular formula is C53H70FN17O19P2S2. The predicted molar refractivity (Wildman–Crippen MR) is 332 cm³/mol. The third-order valence-electron chi connectivity index (χ3n) is 15.3. The van der Waals surface area contributed by atoms with Crippen LogP contribution in [0.4, 0.5) is 36.1 Å². The lowest BCUT2D eigenvalue weighted by molar-refractivity contribution is -0.139. The van der Waals surface area contributed by atoms with Gasteiger partial charge in [-0.15, -0.1) is 0 Å². The normalized spacial score (nSPS) is 25.3. The largest absolute Gasteiger partial charge is 0.447 e. The van der Waals surface area contributed by atoms with Gasteiger partial charge in [0.15, 0.2) is 40.8 Å². The maximum absolute atomic E-state index is 16.7. The van der Waals surface area contributed by atoms with Gasteiger partial charge in [-0.05, 0) is 36.5 Å². The number of benzene rings is 1. The number of urea groups is 1. The van der Waals surface area contributed by atoms with Gasteiger partial charge in [0.1, 0.15) is 74.1 Å². The number of amides is 9. The minimum atomic E-state index is -4.46. The Morgan fingerprint density at radius 3 is 2.11 bits per heavy atom. The molecule has 41 heteroatoms. The highest BCUT2D eigenvalue weighted by Gasteiger charge is 2.53. The van der Waals surface area contributed by atoms with Crippen LogP contribution in [-0.4, -0.2) is 199 Å². The number of nitrogens with two attached hydrogens (primary N) is 2. The summed E-state index contributed by atoms with van der Waals surface area (Å²) in [6.45, 7) is -5.33. The van der Waals surface area contributed by atoms with Gasteiger partial charge in [-0.2, -0.15) is 0 Å². The van der Waals surface area contributed by atoms with Gasteiger partial charge in [-0.3, -0.25) is 61.4 Å². The van der Waals surface area contributed by atoms with Crippen molar-refractivity contribution in [3.63, 3.8) is 0 Å². The molecule has 9 rings (SSSR count). The van der Waals surface area contributed by atoms with Gasteiger partial charge in [0, 0.05) is 44.5 Å². The molecule has 36 nitrogen and oxygen atoms in total. The highest BCUT2D eigenvalue weighted by molar-refractivity contribution is 8.44. The van der Waals surface area contributed by atoms with E-state index in [9.17, 15) is 47.5 Å². The Hall–Kier alpha value is -7.71. The van der Waals surface area contributed by atoms with Gasteiger partial charge in [0.25, 0.3) is 0 Å². The molecule has 0 aliphatic carbocycles. The van der Waals surface area contributed by atoms with Gasteiger partial charge in [-0.1, -0.05) is 57.4 Å². The van der Waals surface area contributed by atoms with E-state index in [-0.39, 0.29) is 113 Å². The number of fused-ring (bicyclic) bond motifs is 4. The van der Waals surface area contributed by atoms with Crippen LogP contribution >= 0.6 is 38.1 Å². The summed E-state index contributed by atoms with van der Waals surface area (Å²) < 4.78 is 98.6. The number of nitrogens with zero attached hydrogens (tertiary/aromatic N) is 10. The molecule has 4 aliphatic heterocycles. The van der Waals surface area contributed by atoms with Crippen LogP contribution in [0.25, 0.3) is 22.3 Å². The minimum Gasteiger partial charge on any atom is -0.447 e. The van der Waals surface area contributed by atoms with Crippen molar-refractivity contribution in [1.82, 2.24) is 64.8 Å². The Balaban J connectivity index is 0.725. The number of halogens is 1. The Morgan fingerprint density at radius 1 is 0.798 bits per heavy atom. The van der Waals surface area contributed by atoms with Crippen LogP contribution in [-0.2, 0) is 81.5 Å². The molecule has 94 heavy (non-hydrogen) atoms. The molecule has 12 atom stereocenters. The summed E-state index contributed by atoms with van der Waals surface area (Å²) in [6, 6.07) is 3.27. The van der Waals surface area contributed by atoms with Crippen molar-refractivity contribution in [3.05, 3.63) is 55.1 Å². The summed E-state index contributed by atoms with van der Waals surface area (Å²) in [5.41, 5.74) is 12.6. The van der Waals surface area contributed by atoms with E-state index in [0.29, 0.717) is 22.4 Å². The van der Waals surface area contributed by atoms with Crippen LogP contribution in [0.2, 0.25) is 0 Å². The second-order valence-electron chi connectivity index (χ2n) is 22.2. The number of nitrogens with one attached hydrogen (secondary N) is 5. The molecular weight excluding hydrogens is 1320 g/mol. The predicted octanol–water partition coefficient (Wildman–Crippen LogP) is 3.30. The standard InChI is InChI=1S/C53H70FN17O19P2S2/c1-27(2)38(66-34(72)13-17-82-18-16-69-35(73)11-12-36(69)74)48(76)65-31(6-5-14-57-51(56)77)47(75)64-30-9-7-29(8-10-30)20-84-53(79)68(4)15-19-83-52(78)67-44-40-46(61-24-59-44)71(26-63-40)50-37(54)42-33(88-50)22-86-91(80,93)89-41-28(3)49(87-32(41)21-85-92(81,94)90-42)70-25-62-39-43(55)58-23-60-45(39)70/h7-10,23-28,31-33,37-38,41-42,49-50H,5-6,11-22H2,1-4H3,(H,64,75)(H,65,76)(H,66,72)(H,80,93)(H,81,94)(H2,55,58,60)(H3,56,57,77)(H,59,61,67,78)/t28-,31+,32-,33?,37-,38+,41+,42-,49-,50-,91-,92-/m1/s1. The SMILES string of the molecule is CC(C)[C@H](NC(=O)CCOCCN1C(=O)CCC1=O)C(=O)N[C@@H](CCCNC(N)=O)C(=O)Nc1ccc(COC(=O)N(C)CCOC(=O)Nc2ncnc3c2ncn3[C@@H]2OC3CO[P@@](=O)(S)O[C@H]4[C@@H](C)[C@H](n5cnc6c(N)ncnc65)O[C@@H]4CO[P@@](=O)(S)O[C@H]3[C@H]2F)cc1. The van der Waals surface area contributed by atoms with Crippen molar-refractivity contribution >= 4 is 125 Å². The first-order valence-electron chi connectivity index (χ1n) is 29.4. The number of hydrogen-bond donors (Lipinski definition) is 9. The molecule has 4 fully saturated rings. The van der Waals surface area contributed by atoms with E-state index in [1.165, 1.54) is 31.8 Å². The van der Waals surface area contributed by atoms with Crippen molar-refractivity contribution < 1.29 is 93.7 Å². The number of likely N-dealkylation sites (tertiary alicyclic amines) is 1. The molecule has 1 unspecified atom stereocenters. The summed E-state index contributed by atoms with van der Waals surface area (Å²) in [5, 5.41) is 13.0. The number of imidazole rings is 2. The first kappa shape index (κ1) is 70.6. The third-order valence-corrected chi connectivity index (χ3v) is 18.5. The Kier molecular flexibility index (Phi) is 23.5. The van der Waals surface area contributed by atoms with Crippen LogP contribution in [0.5, 0.6) is 0 Å². The highest BCUT2D eigenvalue weighted by Crippen LogP contribution is 2.61. The number of primary amides is 1. The average molecular weight is 1390 g/mol.